The van der Waals surface area contributed by atoms with Gasteiger partial charge in [0.1, 0.15) is 5.69 Å². The van der Waals surface area contributed by atoms with Gasteiger partial charge in [-0.1, -0.05) is 13.8 Å². The van der Waals surface area contributed by atoms with Gasteiger partial charge in [-0.2, -0.15) is 5.10 Å². The Morgan fingerprint density at radius 2 is 2.18 bits per heavy atom. The summed E-state index contributed by atoms with van der Waals surface area (Å²) in [6.07, 6.45) is 1.67. The molecule has 1 aromatic rings. The maximum Gasteiger partial charge on any atom is 0.271 e. The standard InChI is InChI=1S/C12H19N3O2/c1-4-8-15-11(16)7-6-10(14-15)12(17)13-9(3)5-2/h6-7,9H,4-5,8H2,1-3H3,(H,13,17)/t9-/m1/s1. The number of carbonyl (C=O) groups is 1. The number of hydrogen-bond donors (Lipinski definition) is 1. The molecule has 0 aliphatic heterocycles. The van der Waals surface area contributed by atoms with Crippen molar-refractivity contribution in [1.82, 2.24) is 15.1 Å². The zero-order chi connectivity index (χ0) is 12.8. The van der Waals surface area contributed by atoms with E-state index in [4.69, 9.17) is 0 Å². The number of nitrogens with zero attached hydrogens (tertiary/aromatic N) is 2. The first-order valence-corrected chi connectivity index (χ1v) is 5.97. The van der Waals surface area contributed by atoms with Crippen LogP contribution in [0.1, 0.15) is 44.1 Å². The van der Waals surface area contributed by atoms with Crippen LogP contribution in [0, 0.1) is 0 Å². The first-order valence-electron chi connectivity index (χ1n) is 5.97. The van der Waals surface area contributed by atoms with Crippen molar-refractivity contribution in [2.75, 3.05) is 0 Å². The summed E-state index contributed by atoms with van der Waals surface area (Å²) < 4.78 is 1.32. The molecule has 5 heteroatoms. The quantitative estimate of drug-likeness (QED) is 0.836. The summed E-state index contributed by atoms with van der Waals surface area (Å²) in [4.78, 5) is 23.2. The Hall–Kier alpha value is -1.65. The molecule has 0 saturated heterocycles. The van der Waals surface area contributed by atoms with Gasteiger partial charge in [0.2, 0.25) is 0 Å². The molecule has 1 heterocycles. The third-order valence-corrected chi connectivity index (χ3v) is 2.52. The highest BCUT2D eigenvalue weighted by Crippen LogP contribution is 1.95. The second kappa shape index (κ2) is 6.18. The Balaban J connectivity index is 2.87. The van der Waals surface area contributed by atoms with Gasteiger partial charge in [-0.05, 0) is 25.8 Å². The van der Waals surface area contributed by atoms with Gasteiger partial charge in [0.15, 0.2) is 0 Å². The Labute approximate surface area is 101 Å². The van der Waals surface area contributed by atoms with Crippen LogP contribution in [0.4, 0.5) is 0 Å². The van der Waals surface area contributed by atoms with E-state index >= 15 is 0 Å². The fourth-order valence-electron chi connectivity index (χ4n) is 1.34. The molecule has 5 nitrogen and oxygen atoms in total. The zero-order valence-corrected chi connectivity index (χ0v) is 10.6. The topological polar surface area (TPSA) is 64.0 Å². The Kier molecular flexibility index (Phi) is 4.87. The summed E-state index contributed by atoms with van der Waals surface area (Å²) in [5, 5.41) is 6.86. The van der Waals surface area contributed by atoms with Crippen molar-refractivity contribution in [3.05, 3.63) is 28.2 Å². The molecule has 0 aliphatic carbocycles. The molecular weight excluding hydrogens is 218 g/mol. The Morgan fingerprint density at radius 3 is 2.76 bits per heavy atom. The van der Waals surface area contributed by atoms with Crippen molar-refractivity contribution in [2.45, 2.75) is 46.2 Å². The minimum atomic E-state index is -0.232. The van der Waals surface area contributed by atoms with Crippen molar-refractivity contribution < 1.29 is 4.79 Å². The van der Waals surface area contributed by atoms with Crippen molar-refractivity contribution >= 4 is 5.91 Å². The van der Waals surface area contributed by atoms with Crippen LogP contribution in [0.25, 0.3) is 0 Å². The van der Waals surface area contributed by atoms with Gasteiger partial charge < -0.3 is 5.32 Å². The lowest BCUT2D eigenvalue weighted by Crippen LogP contribution is -2.34. The number of aromatic nitrogens is 2. The minimum absolute atomic E-state index is 0.107. The lowest BCUT2D eigenvalue weighted by molar-refractivity contribution is 0.0931. The first kappa shape index (κ1) is 13.4. The summed E-state index contributed by atoms with van der Waals surface area (Å²) >= 11 is 0. The third kappa shape index (κ3) is 3.69. The van der Waals surface area contributed by atoms with Gasteiger partial charge >= 0.3 is 0 Å². The van der Waals surface area contributed by atoms with Gasteiger partial charge in [0.25, 0.3) is 11.5 Å². The molecule has 0 radical (unpaired) electrons. The molecule has 1 amide bonds. The summed E-state index contributed by atoms with van der Waals surface area (Å²) in [6.45, 7) is 6.42. The monoisotopic (exact) mass is 237 g/mol. The van der Waals surface area contributed by atoms with Crippen LogP contribution < -0.4 is 10.9 Å². The predicted molar refractivity (Wildman–Crippen MR) is 66.0 cm³/mol. The predicted octanol–water partition coefficient (Wildman–Crippen LogP) is 1.18. The normalized spacial score (nSPS) is 12.2. The van der Waals surface area contributed by atoms with Crippen molar-refractivity contribution in [2.24, 2.45) is 0 Å². The van der Waals surface area contributed by atoms with E-state index in [0.29, 0.717) is 12.2 Å². The molecule has 1 N–H and O–H groups in total. The molecule has 0 fully saturated rings. The van der Waals surface area contributed by atoms with Crippen LogP contribution in [0.15, 0.2) is 16.9 Å². The largest absolute Gasteiger partial charge is 0.348 e. The highest BCUT2D eigenvalue weighted by atomic mass is 16.2. The molecular formula is C12H19N3O2. The van der Waals surface area contributed by atoms with Gasteiger partial charge in [-0.25, -0.2) is 4.68 Å². The Morgan fingerprint density at radius 1 is 1.47 bits per heavy atom. The Bertz CT molecular complexity index is 440. The molecule has 1 rings (SSSR count). The third-order valence-electron chi connectivity index (χ3n) is 2.52. The second-order valence-electron chi connectivity index (χ2n) is 4.06. The minimum Gasteiger partial charge on any atom is -0.348 e. The van der Waals surface area contributed by atoms with Crippen LogP contribution >= 0.6 is 0 Å². The first-order chi connectivity index (χ1) is 8.08. The average molecular weight is 237 g/mol. The molecule has 1 aromatic heterocycles. The second-order valence-corrected chi connectivity index (χ2v) is 4.06. The SMILES string of the molecule is CCCn1nc(C(=O)N[C@H](C)CC)ccc1=O. The van der Waals surface area contributed by atoms with Gasteiger partial charge in [-0.15, -0.1) is 0 Å². The molecule has 94 valence electrons. The molecule has 1 atom stereocenters. The zero-order valence-electron chi connectivity index (χ0n) is 10.6. The van der Waals surface area contributed by atoms with Crippen LogP contribution in [-0.4, -0.2) is 21.7 Å². The number of aryl methyl sites for hydroxylation is 1. The van der Waals surface area contributed by atoms with Crippen molar-refractivity contribution in [3.63, 3.8) is 0 Å². The van der Waals surface area contributed by atoms with Gasteiger partial charge in [0, 0.05) is 18.7 Å². The smallest absolute Gasteiger partial charge is 0.271 e. The number of hydrogen-bond acceptors (Lipinski definition) is 3. The molecule has 0 aromatic carbocycles. The molecule has 0 saturated carbocycles. The van der Waals surface area contributed by atoms with Gasteiger partial charge in [-0.3, -0.25) is 9.59 Å². The fourth-order valence-corrected chi connectivity index (χ4v) is 1.34. The average Bonchev–Trinajstić information content (AvgIpc) is 2.32. The van der Waals surface area contributed by atoms with E-state index in [2.05, 4.69) is 10.4 Å². The number of carbonyl (C=O) groups excluding carboxylic acids is 1. The fraction of sp³-hybridized carbons (Fsp3) is 0.583. The van der Waals surface area contributed by atoms with E-state index in [1.54, 1.807) is 0 Å². The summed E-state index contributed by atoms with van der Waals surface area (Å²) in [5.41, 5.74) is 0.116. The lowest BCUT2D eigenvalue weighted by atomic mass is 10.2. The van der Waals surface area contributed by atoms with Crippen molar-refractivity contribution in [1.29, 1.82) is 0 Å². The van der Waals surface area contributed by atoms with Crippen LogP contribution in [0.2, 0.25) is 0 Å². The number of amides is 1. The van der Waals surface area contributed by atoms with E-state index in [0.717, 1.165) is 12.8 Å². The van der Waals surface area contributed by atoms with Crippen LogP contribution in [-0.2, 0) is 6.54 Å². The summed E-state index contributed by atoms with van der Waals surface area (Å²) in [7, 11) is 0. The molecule has 17 heavy (non-hydrogen) atoms. The van der Waals surface area contributed by atoms with E-state index in [1.807, 2.05) is 20.8 Å². The highest BCUT2D eigenvalue weighted by Gasteiger charge is 2.11. The van der Waals surface area contributed by atoms with Gasteiger partial charge in [0.05, 0.1) is 0 Å². The lowest BCUT2D eigenvalue weighted by Gasteiger charge is -2.11. The maximum atomic E-state index is 11.8. The molecule has 0 bridgehead atoms. The number of nitrogens with one attached hydrogen (secondary N) is 1. The number of rotatable bonds is 5. The van der Waals surface area contributed by atoms with E-state index in [1.165, 1.54) is 16.8 Å². The van der Waals surface area contributed by atoms with Crippen LogP contribution in [0.3, 0.4) is 0 Å². The van der Waals surface area contributed by atoms with Crippen molar-refractivity contribution in [3.8, 4) is 0 Å². The summed E-state index contributed by atoms with van der Waals surface area (Å²) in [6, 6.07) is 2.95. The van der Waals surface area contributed by atoms with Crippen LogP contribution in [0.5, 0.6) is 0 Å². The molecule has 0 unspecified atom stereocenters. The summed E-state index contributed by atoms with van der Waals surface area (Å²) in [5.74, 6) is -0.232. The van der Waals surface area contributed by atoms with E-state index in [9.17, 15) is 9.59 Å². The molecule has 0 aliphatic rings. The maximum absolute atomic E-state index is 11.8. The van der Waals surface area contributed by atoms with E-state index < -0.39 is 0 Å². The molecule has 0 spiro atoms. The van der Waals surface area contributed by atoms with E-state index in [-0.39, 0.29) is 17.5 Å². The highest BCUT2D eigenvalue weighted by molar-refractivity contribution is 5.92.